The van der Waals surface area contributed by atoms with Crippen molar-refractivity contribution in [2.24, 2.45) is 0 Å². The number of allylic oxidation sites excluding steroid dienone is 2. The van der Waals surface area contributed by atoms with Gasteiger partial charge in [-0.05, 0) is 54.7 Å². The van der Waals surface area contributed by atoms with Crippen LogP contribution in [0.15, 0.2) is 60.7 Å². The van der Waals surface area contributed by atoms with Gasteiger partial charge in [0.05, 0.1) is 13.2 Å². The molecule has 4 nitrogen and oxygen atoms in total. The van der Waals surface area contributed by atoms with E-state index in [9.17, 15) is 0 Å². The van der Waals surface area contributed by atoms with Crippen molar-refractivity contribution in [3.63, 3.8) is 0 Å². The van der Waals surface area contributed by atoms with Gasteiger partial charge in [-0.15, -0.1) is 0 Å². The molecule has 28 heavy (non-hydrogen) atoms. The third-order valence-electron chi connectivity index (χ3n) is 5.76. The predicted octanol–water partition coefficient (Wildman–Crippen LogP) is 4.27. The summed E-state index contributed by atoms with van der Waals surface area (Å²) in [7, 11) is 0. The first-order valence-corrected chi connectivity index (χ1v) is 10.2. The molecular formula is C24H26O4. The molecule has 0 bridgehead atoms. The van der Waals surface area contributed by atoms with Gasteiger partial charge in [0, 0.05) is 5.41 Å². The van der Waals surface area contributed by atoms with Crippen LogP contribution in [0.4, 0.5) is 0 Å². The molecule has 4 heteroatoms. The minimum Gasteiger partial charge on any atom is -0.491 e. The standard InChI is InChI=1S/C24H26O4/c1-2-12-24(13-3-1,18-4-8-20(9-5-18)25-14-22-16-27-22)19-6-10-21(11-7-19)26-15-23-17-28-23/h2,4-12,22-23H,1,3,13-17H2. The smallest absolute Gasteiger partial charge is 0.119 e. The summed E-state index contributed by atoms with van der Waals surface area (Å²) in [4.78, 5) is 0. The number of hydrogen-bond donors (Lipinski definition) is 0. The fourth-order valence-corrected chi connectivity index (χ4v) is 3.92. The molecule has 3 aliphatic rings. The molecule has 0 spiro atoms. The van der Waals surface area contributed by atoms with Gasteiger partial charge in [0.1, 0.15) is 36.9 Å². The van der Waals surface area contributed by atoms with E-state index in [0.717, 1.165) is 37.6 Å². The van der Waals surface area contributed by atoms with Crippen molar-refractivity contribution in [3.05, 3.63) is 71.8 Å². The zero-order valence-corrected chi connectivity index (χ0v) is 16.0. The molecule has 0 N–H and O–H groups in total. The number of epoxide rings is 2. The molecule has 1 aliphatic carbocycles. The summed E-state index contributed by atoms with van der Waals surface area (Å²) >= 11 is 0. The van der Waals surface area contributed by atoms with E-state index in [1.54, 1.807) is 0 Å². The van der Waals surface area contributed by atoms with E-state index in [2.05, 4.69) is 60.7 Å². The summed E-state index contributed by atoms with van der Waals surface area (Å²) in [5.74, 6) is 1.81. The predicted molar refractivity (Wildman–Crippen MR) is 107 cm³/mol. The lowest BCUT2D eigenvalue weighted by Crippen LogP contribution is -2.27. The lowest BCUT2D eigenvalue weighted by atomic mass is 9.69. The normalized spacial score (nSPS) is 28.0. The lowest BCUT2D eigenvalue weighted by Gasteiger charge is -2.35. The summed E-state index contributed by atoms with van der Waals surface area (Å²) in [5.41, 5.74) is 2.52. The van der Waals surface area contributed by atoms with Crippen LogP contribution < -0.4 is 9.47 Å². The van der Waals surface area contributed by atoms with Gasteiger partial charge in [-0.2, -0.15) is 0 Å². The third kappa shape index (κ3) is 3.94. The third-order valence-corrected chi connectivity index (χ3v) is 5.76. The molecule has 146 valence electrons. The Labute approximate surface area is 166 Å². The highest BCUT2D eigenvalue weighted by Gasteiger charge is 2.33. The van der Waals surface area contributed by atoms with Crippen molar-refractivity contribution in [1.82, 2.24) is 0 Å². The molecule has 2 aliphatic heterocycles. The molecule has 0 amide bonds. The van der Waals surface area contributed by atoms with Crippen molar-refractivity contribution in [2.75, 3.05) is 26.4 Å². The fraction of sp³-hybridized carbons (Fsp3) is 0.417. The highest BCUT2D eigenvalue weighted by atomic mass is 16.6. The Morgan fingerprint density at radius 2 is 1.29 bits per heavy atom. The molecular weight excluding hydrogens is 352 g/mol. The van der Waals surface area contributed by atoms with Crippen LogP contribution >= 0.6 is 0 Å². The molecule has 0 radical (unpaired) electrons. The van der Waals surface area contributed by atoms with Gasteiger partial charge in [-0.25, -0.2) is 0 Å². The Kier molecular flexibility index (Phi) is 4.83. The number of hydrogen-bond acceptors (Lipinski definition) is 4. The molecule has 2 aromatic rings. The SMILES string of the molecule is C1=CC(c2ccc(OCC3CO3)cc2)(c2ccc(OCC3CO3)cc2)CCC1. The van der Waals surface area contributed by atoms with Gasteiger partial charge >= 0.3 is 0 Å². The Morgan fingerprint density at radius 1 is 0.786 bits per heavy atom. The molecule has 2 heterocycles. The minimum absolute atomic E-state index is 0.0888. The van der Waals surface area contributed by atoms with Crippen molar-refractivity contribution < 1.29 is 18.9 Å². The van der Waals surface area contributed by atoms with E-state index in [0.29, 0.717) is 13.2 Å². The maximum absolute atomic E-state index is 5.81. The summed E-state index contributed by atoms with van der Waals surface area (Å²) in [6.45, 7) is 2.91. The van der Waals surface area contributed by atoms with Crippen LogP contribution in [0.2, 0.25) is 0 Å². The summed E-state index contributed by atoms with van der Waals surface area (Å²) in [6.07, 6.45) is 8.68. The van der Waals surface area contributed by atoms with Crippen LogP contribution in [0.25, 0.3) is 0 Å². The van der Waals surface area contributed by atoms with Gasteiger partial charge in [0.25, 0.3) is 0 Å². The molecule has 2 unspecified atom stereocenters. The van der Waals surface area contributed by atoms with E-state index >= 15 is 0 Å². The van der Waals surface area contributed by atoms with Crippen molar-refractivity contribution >= 4 is 0 Å². The molecule has 5 rings (SSSR count). The van der Waals surface area contributed by atoms with Crippen LogP contribution in [-0.4, -0.2) is 38.6 Å². The molecule has 0 saturated carbocycles. The number of rotatable bonds is 8. The van der Waals surface area contributed by atoms with Gasteiger partial charge < -0.3 is 18.9 Å². The minimum atomic E-state index is -0.0888. The van der Waals surface area contributed by atoms with Gasteiger partial charge in [-0.3, -0.25) is 0 Å². The summed E-state index contributed by atoms with van der Waals surface area (Å²) < 4.78 is 22.0. The highest BCUT2D eigenvalue weighted by molar-refractivity contribution is 5.48. The van der Waals surface area contributed by atoms with E-state index in [1.807, 2.05) is 0 Å². The first kappa shape index (κ1) is 17.8. The molecule has 2 aromatic carbocycles. The maximum atomic E-state index is 5.81. The molecule has 2 fully saturated rings. The average Bonchev–Trinajstić information content (AvgIpc) is 3.67. The largest absolute Gasteiger partial charge is 0.491 e. The van der Waals surface area contributed by atoms with E-state index in [1.165, 1.54) is 17.5 Å². The number of ether oxygens (including phenoxy) is 4. The maximum Gasteiger partial charge on any atom is 0.119 e. The van der Waals surface area contributed by atoms with Crippen LogP contribution in [0, 0.1) is 0 Å². The van der Waals surface area contributed by atoms with E-state index < -0.39 is 0 Å². The highest BCUT2D eigenvalue weighted by Crippen LogP contribution is 2.42. The van der Waals surface area contributed by atoms with Crippen LogP contribution in [0.3, 0.4) is 0 Å². The average molecular weight is 378 g/mol. The second-order valence-corrected chi connectivity index (χ2v) is 7.85. The zero-order chi connectivity index (χ0) is 18.8. The van der Waals surface area contributed by atoms with Gasteiger partial charge in [0.2, 0.25) is 0 Å². The zero-order valence-electron chi connectivity index (χ0n) is 16.0. The molecule has 2 saturated heterocycles. The van der Waals surface area contributed by atoms with Gasteiger partial charge in [-0.1, -0.05) is 36.4 Å². The van der Waals surface area contributed by atoms with Crippen LogP contribution in [0.5, 0.6) is 11.5 Å². The number of benzene rings is 2. The van der Waals surface area contributed by atoms with E-state index in [-0.39, 0.29) is 17.6 Å². The van der Waals surface area contributed by atoms with Crippen molar-refractivity contribution in [3.8, 4) is 11.5 Å². The van der Waals surface area contributed by atoms with E-state index in [4.69, 9.17) is 18.9 Å². The Morgan fingerprint density at radius 3 is 1.68 bits per heavy atom. The second-order valence-electron chi connectivity index (χ2n) is 7.85. The molecule has 0 aromatic heterocycles. The summed E-state index contributed by atoms with van der Waals surface area (Å²) in [5, 5.41) is 0. The monoisotopic (exact) mass is 378 g/mol. The molecule has 2 atom stereocenters. The lowest BCUT2D eigenvalue weighted by molar-refractivity contribution is 0.263. The fourth-order valence-electron chi connectivity index (χ4n) is 3.92. The summed E-state index contributed by atoms with van der Waals surface area (Å²) in [6, 6.07) is 17.1. The van der Waals surface area contributed by atoms with Crippen molar-refractivity contribution in [2.45, 2.75) is 36.9 Å². The first-order valence-electron chi connectivity index (χ1n) is 10.2. The van der Waals surface area contributed by atoms with Gasteiger partial charge in [0.15, 0.2) is 0 Å². The topological polar surface area (TPSA) is 43.5 Å². The Bertz CT molecular complexity index is 757. The first-order chi connectivity index (χ1) is 13.8. The Balaban J connectivity index is 1.36. The van der Waals surface area contributed by atoms with Crippen molar-refractivity contribution in [1.29, 1.82) is 0 Å². The Hall–Kier alpha value is -2.30. The van der Waals surface area contributed by atoms with Crippen LogP contribution in [0.1, 0.15) is 30.4 Å². The quantitative estimate of drug-likeness (QED) is 0.508. The second kappa shape index (κ2) is 7.61. The van der Waals surface area contributed by atoms with Crippen LogP contribution in [-0.2, 0) is 14.9 Å².